The maximum absolute atomic E-state index is 11.9. The largest absolute Gasteiger partial charge is 0.422 e. The zero-order valence-corrected chi connectivity index (χ0v) is 14.0. The van der Waals surface area contributed by atoms with E-state index in [9.17, 15) is 9.59 Å². The van der Waals surface area contributed by atoms with E-state index in [2.05, 4.69) is 10.5 Å². The van der Waals surface area contributed by atoms with Crippen molar-refractivity contribution in [3.05, 3.63) is 74.6 Å². The van der Waals surface area contributed by atoms with Crippen LogP contribution in [-0.2, 0) is 0 Å². The Morgan fingerprint density at radius 1 is 1.00 bits per heavy atom. The van der Waals surface area contributed by atoms with E-state index in [1.54, 1.807) is 48.5 Å². The molecule has 5 nitrogen and oxygen atoms in total. The van der Waals surface area contributed by atoms with Crippen LogP contribution in [0.4, 0.5) is 0 Å². The van der Waals surface area contributed by atoms with Crippen molar-refractivity contribution in [1.82, 2.24) is 5.43 Å². The highest BCUT2D eigenvalue weighted by Crippen LogP contribution is 2.16. The van der Waals surface area contributed by atoms with E-state index in [1.165, 1.54) is 28.9 Å². The maximum Gasteiger partial charge on any atom is 0.353 e. The van der Waals surface area contributed by atoms with E-state index < -0.39 is 5.97 Å². The summed E-state index contributed by atoms with van der Waals surface area (Å²) in [6.45, 7) is 0. The number of hydrogen-bond donors (Lipinski definition) is 1. The van der Waals surface area contributed by atoms with Crippen molar-refractivity contribution in [3.8, 4) is 5.75 Å². The Morgan fingerprint density at radius 3 is 2.46 bits per heavy atom. The highest BCUT2D eigenvalue weighted by Gasteiger charge is 2.09. The molecule has 0 unspecified atom stereocenters. The molecule has 1 N–H and O–H groups in total. The summed E-state index contributed by atoms with van der Waals surface area (Å²) < 4.78 is 5.31. The van der Waals surface area contributed by atoms with Gasteiger partial charge in [0.15, 0.2) is 0 Å². The Hall–Kier alpha value is -2.77. The first-order valence-corrected chi connectivity index (χ1v) is 8.71. The van der Waals surface area contributed by atoms with Gasteiger partial charge in [-0.15, -0.1) is 22.7 Å². The monoisotopic (exact) mass is 356 g/mol. The number of benzene rings is 1. The number of ether oxygens (including phenoxy) is 1. The number of thiophene rings is 2. The van der Waals surface area contributed by atoms with Crippen LogP contribution in [0.5, 0.6) is 5.75 Å². The van der Waals surface area contributed by atoms with Crippen LogP contribution in [0.2, 0.25) is 0 Å². The molecule has 3 aromatic rings. The lowest BCUT2D eigenvalue weighted by molar-refractivity contribution is 0.0739. The molecule has 0 radical (unpaired) electrons. The minimum atomic E-state index is -0.398. The second-order valence-electron chi connectivity index (χ2n) is 4.62. The third kappa shape index (κ3) is 4.15. The first-order chi connectivity index (χ1) is 11.7. The van der Waals surface area contributed by atoms with Crippen LogP contribution in [0.3, 0.4) is 0 Å². The van der Waals surface area contributed by atoms with Gasteiger partial charge in [0, 0.05) is 0 Å². The van der Waals surface area contributed by atoms with Gasteiger partial charge in [0.1, 0.15) is 10.6 Å². The number of nitrogens with one attached hydrogen (secondary N) is 1. The number of hydrogen-bond acceptors (Lipinski definition) is 6. The smallest absolute Gasteiger partial charge is 0.353 e. The van der Waals surface area contributed by atoms with Crippen molar-refractivity contribution < 1.29 is 14.3 Å². The summed E-state index contributed by atoms with van der Waals surface area (Å²) in [4.78, 5) is 24.8. The first-order valence-electron chi connectivity index (χ1n) is 6.95. The molecule has 0 aliphatic heterocycles. The SMILES string of the molecule is O=C(N/N=C/c1cccc(OC(=O)c2cccs2)c1)c1cccs1. The summed E-state index contributed by atoms with van der Waals surface area (Å²) in [5.74, 6) is -0.242. The predicted octanol–water partition coefficient (Wildman–Crippen LogP) is 3.79. The lowest BCUT2D eigenvalue weighted by atomic mass is 10.2. The molecule has 3 rings (SSSR count). The fourth-order valence-corrected chi connectivity index (χ4v) is 3.05. The molecule has 0 spiro atoms. The van der Waals surface area contributed by atoms with Crippen LogP contribution >= 0.6 is 22.7 Å². The second-order valence-corrected chi connectivity index (χ2v) is 6.51. The summed E-state index contributed by atoms with van der Waals surface area (Å²) in [5.41, 5.74) is 3.16. The summed E-state index contributed by atoms with van der Waals surface area (Å²) in [5, 5.41) is 7.55. The minimum Gasteiger partial charge on any atom is -0.422 e. The molecule has 1 amide bonds. The summed E-state index contributed by atoms with van der Waals surface area (Å²) in [6, 6.07) is 13.9. The molecule has 0 aliphatic rings. The predicted molar refractivity (Wildman–Crippen MR) is 95.1 cm³/mol. The number of amides is 1. The van der Waals surface area contributed by atoms with Gasteiger partial charge in [0.2, 0.25) is 0 Å². The lowest BCUT2D eigenvalue weighted by Gasteiger charge is -2.03. The third-order valence-corrected chi connectivity index (χ3v) is 4.63. The van der Waals surface area contributed by atoms with E-state index in [1.807, 2.05) is 10.8 Å². The molecule has 120 valence electrons. The zero-order chi connectivity index (χ0) is 16.8. The molecule has 0 bridgehead atoms. The molecular weight excluding hydrogens is 344 g/mol. The van der Waals surface area contributed by atoms with Crippen LogP contribution in [0.15, 0.2) is 64.4 Å². The van der Waals surface area contributed by atoms with E-state index in [-0.39, 0.29) is 5.91 Å². The van der Waals surface area contributed by atoms with Crippen LogP contribution in [0.25, 0.3) is 0 Å². The van der Waals surface area contributed by atoms with E-state index in [0.29, 0.717) is 21.1 Å². The number of nitrogens with zero attached hydrogens (tertiary/aromatic N) is 1. The number of rotatable bonds is 5. The van der Waals surface area contributed by atoms with Gasteiger partial charge in [-0.05, 0) is 40.6 Å². The molecule has 2 heterocycles. The van der Waals surface area contributed by atoms with Crippen LogP contribution in [0.1, 0.15) is 24.9 Å². The van der Waals surface area contributed by atoms with Crippen LogP contribution in [-0.4, -0.2) is 18.1 Å². The quantitative estimate of drug-likeness (QED) is 0.327. The number of hydrazone groups is 1. The van der Waals surface area contributed by atoms with Gasteiger partial charge in [-0.25, -0.2) is 10.2 Å². The minimum absolute atomic E-state index is 0.262. The van der Waals surface area contributed by atoms with E-state index in [4.69, 9.17) is 4.74 Å². The standard InChI is InChI=1S/C17H12N2O3S2/c20-16(14-6-2-8-23-14)19-18-11-12-4-1-5-13(10-12)22-17(21)15-7-3-9-24-15/h1-11H,(H,19,20)/b18-11+. The van der Waals surface area contributed by atoms with Crippen LogP contribution < -0.4 is 10.2 Å². The summed E-state index contributed by atoms with van der Waals surface area (Å²) in [7, 11) is 0. The average Bonchev–Trinajstić information content (AvgIpc) is 3.29. The second kappa shape index (κ2) is 7.67. The van der Waals surface area contributed by atoms with Crippen molar-refractivity contribution in [1.29, 1.82) is 0 Å². The molecule has 0 atom stereocenters. The van der Waals surface area contributed by atoms with Crippen molar-refractivity contribution in [3.63, 3.8) is 0 Å². The van der Waals surface area contributed by atoms with E-state index in [0.717, 1.165) is 0 Å². The van der Waals surface area contributed by atoms with Gasteiger partial charge in [-0.2, -0.15) is 5.10 Å². The average molecular weight is 356 g/mol. The normalized spacial score (nSPS) is 10.7. The number of esters is 1. The molecule has 0 saturated heterocycles. The zero-order valence-electron chi connectivity index (χ0n) is 12.3. The van der Waals surface area contributed by atoms with Crippen molar-refractivity contribution in [2.24, 2.45) is 5.10 Å². The maximum atomic E-state index is 11.9. The highest BCUT2D eigenvalue weighted by molar-refractivity contribution is 7.12. The van der Waals surface area contributed by atoms with Gasteiger partial charge in [0.05, 0.1) is 11.1 Å². The molecular formula is C17H12N2O3S2. The van der Waals surface area contributed by atoms with Crippen LogP contribution in [0, 0.1) is 0 Å². The fourth-order valence-electron chi connectivity index (χ4n) is 1.84. The highest BCUT2D eigenvalue weighted by atomic mass is 32.1. The lowest BCUT2D eigenvalue weighted by Crippen LogP contribution is -2.16. The molecule has 24 heavy (non-hydrogen) atoms. The number of carbonyl (C=O) groups excluding carboxylic acids is 2. The molecule has 2 aromatic heterocycles. The van der Waals surface area contributed by atoms with Gasteiger partial charge >= 0.3 is 5.97 Å². The molecule has 0 aliphatic carbocycles. The van der Waals surface area contributed by atoms with E-state index >= 15 is 0 Å². The first kappa shape index (κ1) is 16.1. The molecule has 1 aromatic carbocycles. The van der Waals surface area contributed by atoms with Gasteiger partial charge in [-0.1, -0.05) is 24.3 Å². The number of carbonyl (C=O) groups is 2. The Morgan fingerprint density at radius 2 is 1.75 bits per heavy atom. The van der Waals surface area contributed by atoms with Gasteiger partial charge in [-0.3, -0.25) is 4.79 Å². The van der Waals surface area contributed by atoms with Crippen molar-refractivity contribution >= 4 is 40.8 Å². The summed E-state index contributed by atoms with van der Waals surface area (Å²) >= 11 is 2.67. The Bertz CT molecular complexity index is 856. The third-order valence-electron chi connectivity index (χ3n) is 2.92. The Kier molecular flexibility index (Phi) is 5.15. The molecule has 0 saturated carbocycles. The molecule has 0 fully saturated rings. The van der Waals surface area contributed by atoms with Gasteiger partial charge in [0.25, 0.3) is 5.91 Å². The fraction of sp³-hybridized carbons (Fsp3) is 0. The molecule has 7 heteroatoms. The van der Waals surface area contributed by atoms with Crippen molar-refractivity contribution in [2.75, 3.05) is 0 Å². The van der Waals surface area contributed by atoms with Crippen molar-refractivity contribution in [2.45, 2.75) is 0 Å². The Labute approximate surface area is 146 Å². The Balaban J connectivity index is 1.61. The van der Waals surface area contributed by atoms with Gasteiger partial charge < -0.3 is 4.74 Å². The topological polar surface area (TPSA) is 67.8 Å². The summed E-state index contributed by atoms with van der Waals surface area (Å²) in [6.07, 6.45) is 1.49.